The van der Waals surface area contributed by atoms with Crippen LogP contribution in [0, 0.1) is 11.3 Å². The van der Waals surface area contributed by atoms with E-state index in [-0.39, 0.29) is 6.54 Å². The molecule has 0 spiro atoms. The Bertz CT molecular complexity index is 537. The Morgan fingerprint density at radius 1 is 1.47 bits per heavy atom. The standard InChI is InChI=1S/C10H10F2N2O2S/c1-14(17(15,16)10(11)12)7-9-4-2-3-8(5-9)6-13/h2-5,10H,7H2,1H3. The minimum absolute atomic E-state index is 0.192. The molecule has 0 aliphatic rings. The van der Waals surface area contributed by atoms with Gasteiger partial charge in [-0.15, -0.1) is 0 Å². The number of rotatable bonds is 4. The summed E-state index contributed by atoms with van der Waals surface area (Å²) in [5.41, 5.74) is 0.834. The van der Waals surface area contributed by atoms with Crippen LogP contribution >= 0.6 is 0 Å². The molecule has 1 aromatic rings. The third kappa shape index (κ3) is 3.22. The minimum atomic E-state index is -4.58. The molecule has 1 aromatic carbocycles. The Labute approximate surface area is 98.1 Å². The lowest BCUT2D eigenvalue weighted by Crippen LogP contribution is -2.31. The first-order valence-corrected chi connectivity index (χ1v) is 6.10. The lowest BCUT2D eigenvalue weighted by Gasteiger charge is -2.16. The van der Waals surface area contributed by atoms with Crippen molar-refractivity contribution in [1.29, 1.82) is 5.26 Å². The van der Waals surface area contributed by atoms with Crippen molar-refractivity contribution >= 4 is 10.0 Å². The van der Waals surface area contributed by atoms with E-state index in [4.69, 9.17) is 5.26 Å². The molecular weight excluding hydrogens is 250 g/mol. The zero-order valence-electron chi connectivity index (χ0n) is 8.97. The van der Waals surface area contributed by atoms with E-state index >= 15 is 0 Å². The number of sulfonamides is 1. The molecule has 17 heavy (non-hydrogen) atoms. The van der Waals surface area contributed by atoms with Crippen LogP contribution in [0.1, 0.15) is 11.1 Å². The van der Waals surface area contributed by atoms with Crippen LogP contribution in [-0.4, -0.2) is 25.5 Å². The molecule has 0 aliphatic carbocycles. The topological polar surface area (TPSA) is 61.2 Å². The SMILES string of the molecule is CN(Cc1cccc(C#N)c1)S(=O)(=O)C(F)F. The first-order valence-electron chi connectivity index (χ1n) is 4.60. The van der Waals surface area contributed by atoms with Crippen molar-refractivity contribution in [3.05, 3.63) is 35.4 Å². The van der Waals surface area contributed by atoms with E-state index in [0.717, 1.165) is 7.05 Å². The summed E-state index contributed by atoms with van der Waals surface area (Å²) in [6.07, 6.45) is 0. The second-order valence-corrected chi connectivity index (χ2v) is 5.38. The Morgan fingerprint density at radius 3 is 2.65 bits per heavy atom. The molecule has 0 saturated heterocycles. The normalized spacial score (nSPS) is 11.8. The summed E-state index contributed by atoms with van der Waals surface area (Å²) < 4.78 is 47.2. The maximum absolute atomic E-state index is 12.2. The second kappa shape index (κ2) is 5.21. The van der Waals surface area contributed by atoms with Crippen LogP contribution in [0.15, 0.2) is 24.3 Å². The van der Waals surface area contributed by atoms with Gasteiger partial charge in [-0.25, -0.2) is 8.42 Å². The van der Waals surface area contributed by atoms with Gasteiger partial charge in [-0.3, -0.25) is 0 Å². The van der Waals surface area contributed by atoms with Crippen molar-refractivity contribution in [3.8, 4) is 6.07 Å². The van der Waals surface area contributed by atoms with Gasteiger partial charge in [0.25, 0.3) is 10.0 Å². The third-order valence-corrected chi connectivity index (χ3v) is 3.57. The van der Waals surface area contributed by atoms with Crippen molar-refractivity contribution in [3.63, 3.8) is 0 Å². The molecule has 92 valence electrons. The predicted octanol–water partition coefficient (Wildman–Crippen LogP) is 1.54. The van der Waals surface area contributed by atoms with Crippen LogP contribution in [0.4, 0.5) is 8.78 Å². The maximum atomic E-state index is 12.2. The summed E-state index contributed by atoms with van der Waals surface area (Å²) in [7, 11) is -3.51. The molecule has 0 aliphatic heterocycles. The fourth-order valence-corrected chi connectivity index (χ4v) is 1.82. The molecule has 0 atom stereocenters. The Morgan fingerprint density at radius 2 is 2.12 bits per heavy atom. The first-order chi connectivity index (χ1) is 7.87. The van der Waals surface area contributed by atoms with Gasteiger partial charge >= 0.3 is 5.76 Å². The smallest absolute Gasteiger partial charge is 0.206 e. The maximum Gasteiger partial charge on any atom is 0.350 e. The highest BCUT2D eigenvalue weighted by Gasteiger charge is 2.29. The molecule has 0 fully saturated rings. The minimum Gasteiger partial charge on any atom is -0.206 e. The van der Waals surface area contributed by atoms with Gasteiger partial charge in [0.05, 0.1) is 11.6 Å². The Balaban J connectivity index is 2.89. The van der Waals surface area contributed by atoms with Crippen LogP contribution in [0.2, 0.25) is 0 Å². The number of nitriles is 1. The van der Waals surface area contributed by atoms with Gasteiger partial charge < -0.3 is 0 Å². The molecule has 0 aromatic heterocycles. The van der Waals surface area contributed by atoms with E-state index in [1.165, 1.54) is 6.07 Å². The number of nitrogens with zero attached hydrogens (tertiary/aromatic N) is 2. The lowest BCUT2D eigenvalue weighted by molar-refractivity contribution is 0.222. The van der Waals surface area contributed by atoms with Crippen LogP contribution in [-0.2, 0) is 16.6 Å². The summed E-state index contributed by atoms with van der Waals surface area (Å²) in [5.74, 6) is -3.44. The van der Waals surface area contributed by atoms with Gasteiger partial charge in [-0.2, -0.15) is 18.3 Å². The highest BCUT2D eigenvalue weighted by atomic mass is 32.2. The van der Waals surface area contributed by atoms with Gasteiger partial charge in [-0.05, 0) is 17.7 Å². The first kappa shape index (κ1) is 13.5. The number of halogens is 2. The number of alkyl halides is 2. The van der Waals surface area contributed by atoms with Gasteiger partial charge in [0.2, 0.25) is 0 Å². The van der Waals surface area contributed by atoms with E-state index in [9.17, 15) is 17.2 Å². The second-order valence-electron chi connectivity index (χ2n) is 3.37. The van der Waals surface area contributed by atoms with Crippen LogP contribution < -0.4 is 0 Å². The fourth-order valence-electron chi connectivity index (χ4n) is 1.22. The number of hydrogen-bond acceptors (Lipinski definition) is 3. The van der Waals surface area contributed by atoms with Gasteiger partial charge in [0.15, 0.2) is 0 Å². The van der Waals surface area contributed by atoms with Gasteiger partial charge in [0, 0.05) is 13.6 Å². The van der Waals surface area contributed by atoms with Crippen LogP contribution in [0.25, 0.3) is 0 Å². The zero-order valence-corrected chi connectivity index (χ0v) is 9.79. The van der Waals surface area contributed by atoms with E-state index in [0.29, 0.717) is 15.4 Å². The van der Waals surface area contributed by atoms with E-state index in [1.54, 1.807) is 18.2 Å². The van der Waals surface area contributed by atoms with E-state index in [1.807, 2.05) is 6.07 Å². The molecule has 7 heteroatoms. The zero-order chi connectivity index (χ0) is 13.1. The molecule has 0 bridgehead atoms. The Kier molecular flexibility index (Phi) is 4.15. The van der Waals surface area contributed by atoms with Crippen molar-refractivity contribution < 1.29 is 17.2 Å². The van der Waals surface area contributed by atoms with Gasteiger partial charge in [-0.1, -0.05) is 12.1 Å². The highest BCUT2D eigenvalue weighted by molar-refractivity contribution is 7.89. The lowest BCUT2D eigenvalue weighted by atomic mass is 10.1. The average Bonchev–Trinajstić information content (AvgIpc) is 2.29. The number of hydrogen-bond donors (Lipinski definition) is 0. The summed E-state index contributed by atoms with van der Waals surface area (Å²) in [4.78, 5) is 0. The fraction of sp³-hybridized carbons (Fsp3) is 0.300. The predicted molar refractivity (Wildman–Crippen MR) is 57.5 cm³/mol. The molecule has 0 N–H and O–H groups in total. The summed E-state index contributed by atoms with van der Waals surface area (Å²) >= 11 is 0. The monoisotopic (exact) mass is 260 g/mol. The van der Waals surface area contributed by atoms with Crippen molar-refractivity contribution in [2.45, 2.75) is 12.3 Å². The van der Waals surface area contributed by atoms with Crippen LogP contribution in [0.3, 0.4) is 0 Å². The van der Waals surface area contributed by atoms with Crippen molar-refractivity contribution in [1.82, 2.24) is 4.31 Å². The molecule has 1 rings (SSSR count). The van der Waals surface area contributed by atoms with Crippen LogP contribution in [0.5, 0.6) is 0 Å². The summed E-state index contributed by atoms with van der Waals surface area (Å²) in [6.45, 7) is -0.192. The highest BCUT2D eigenvalue weighted by Crippen LogP contribution is 2.14. The molecule has 0 amide bonds. The van der Waals surface area contributed by atoms with E-state index < -0.39 is 15.8 Å². The number of benzene rings is 1. The molecule has 0 heterocycles. The Hall–Kier alpha value is -1.52. The molecule has 0 unspecified atom stereocenters. The van der Waals surface area contributed by atoms with Crippen molar-refractivity contribution in [2.24, 2.45) is 0 Å². The van der Waals surface area contributed by atoms with E-state index in [2.05, 4.69) is 0 Å². The molecule has 0 radical (unpaired) electrons. The molecular formula is C10H10F2N2O2S. The summed E-state index contributed by atoms with van der Waals surface area (Å²) in [6, 6.07) is 8.02. The summed E-state index contributed by atoms with van der Waals surface area (Å²) in [5, 5.41) is 8.64. The average molecular weight is 260 g/mol. The molecule has 4 nitrogen and oxygen atoms in total. The van der Waals surface area contributed by atoms with Gasteiger partial charge in [0.1, 0.15) is 0 Å². The van der Waals surface area contributed by atoms with Crippen molar-refractivity contribution in [2.75, 3.05) is 7.05 Å². The quantitative estimate of drug-likeness (QED) is 0.825. The molecule has 0 saturated carbocycles. The largest absolute Gasteiger partial charge is 0.350 e. The third-order valence-electron chi connectivity index (χ3n) is 2.12.